The molecule has 2 amide bonds. The summed E-state index contributed by atoms with van der Waals surface area (Å²) in [5.41, 5.74) is 1.53. The summed E-state index contributed by atoms with van der Waals surface area (Å²) in [7, 11) is 5.54. The van der Waals surface area contributed by atoms with Gasteiger partial charge in [-0.05, 0) is 45.6 Å². The molecule has 1 saturated heterocycles. The van der Waals surface area contributed by atoms with Gasteiger partial charge in [0, 0.05) is 30.6 Å². The SMILES string of the molecule is COc1cc(Cl)c(C)cc1N1CC(C(=O)NCCCN(C)C)CC1=O. The van der Waals surface area contributed by atoms with Gasteiger partial charge in [-0.25, -0.2) is 0 Å². The van der Waals surface area contributed by atoms with Crippen molar-refractivity contribution in [2.75, 3.05) is 45.7 Å². The lowest BCUT2D eigenvalue weighted by Crippen LogP contribution is -2.34. The average Bonchev–Trinajstić information content (AvgIpc) is 2.95. The molecule has 1 aromatic rings. The molecular formula is C18H26ClN3O3. The quantitative estimate of drug-likeness (QED) is 0.749. The Hall–Kier alpha value is -1.79. The van der Waals surface area contributed by atoms with Crippen LogP contribution in [-0.2, 0) is 9.59 Å². The molecule has 1 aromatic carbocycles. The number of halogens is 1. The minimum Gasteiger partial charge on any atom is -0.495 e. The van der Waals surface area contributed by atoms with Crippen LogP contribution in [0.4, 0.5) is 5.69 Å². The second kappa shape index (κ2) is 8.54. The Morgan fingerprint density at radius 1 is 1.44 bits per heavy atom. The number of amides is 2. The highest BCUT2D eigenvalue weighted by Gasteiger charge is 2.36. The molecule has 0 aromatic heterocycles. The van der Waals surface area contributed by atoms with E-state index in [0.717, 1.165) is 18.5 Å². The molecule has 6 nitrogen and oxygen atoms in total. The van der Waals surface area contributed by atoms with Crippen LogP contribution in [0.2, 0.25) is 5.02 Å². The van der Waals surface area contributed by atoms with Gasteiger partial charge in [0.05, 0.1) is 18.7 Å². The van der Waals surface area contributed by atoms with Gasteiger partial charge in [0.2, 0.25) is 11.8 Å². The predicted molar refractivity (Wildman–Crippen MR) is 99.4 cm³/mol. The first-order chi connectivity index (χ1) is 11.8. The zero-order chi connectivity index (χ0) is 18.6. The number of nitrogens with one attached hydrogen (secondary N) is 1. The number of hydrogen-bond donors (Lipinski definition) is 1. The first-order valence-electron chi connectivity index (χ1n) is 8.40. The van der Waals surface area contributed by atoms with Gasteiger partial charge in [0.1, 0.15) is 5.75 Å². The van der Waals surface area contributed by atoms with Crippen LogP contribution in [-0.4, -0.2) is 57.6 Å². The standard InChI is InChI=1S/C18H26ClN3O3/c1-12-8-15(16(25-4)10-14(12)19)22-11-13(9-17(22)23)18(24)20-6-5-7-21(2)3/h8,10,13H,5-7,9,11H2,1-4H3,(H,20,24). The van der Waals surface area contributed by atoms with E-state index in [1.54, 1.807) is 18.1 Å². The predicted octanol–water partition coefficient (Wildman–Crippen LogP) is 2.08. The molecule has 1 aliphatic rings. The number of carbonyl (C=O) groups excluding carboxylic acids is 2. The summed E-state index contributed by atoms with van der Waals surface area (Å²) in [6.45, 7) is 3.76. The average molecular weight is 368 g/mol. The number of rotatable bonds is 7. The van der Waals surface area contributed by atoms with Gasteiger partial charge < -0.3 is 19.9 Å². The number of nitrogens with zero attached hydrogens (tertiary/aromatic N) is 2. The molecule has 1 heterocycles. The lowest BCUT2D eigenvalue weighted by Gasteiger charge is -2.20. The summed E-state index contributed by atoms with van der Waals surface area (Å²) in [6.07, 6.45) is 1.09. The molecule has 0 spiro atoms. The number of methoxy groups -OCH3 is 1. The van der Waals surface area contributed by atoms with Gasteiger partial charge in [-0.2, -0.15) is 0 Å². The van der Waals surface area contributed by atoms with Gasteiger partial charge in [-0.15, -0.1) is 0 Å². The summed E-state index contributed by atoms with van der Waals surface area (Å²) in [5, 5.41) is 3.51. The lowest BCUT2D eigenvalue weighted by molar-refractivity contribution is -0.126. The molecule has 1 N–H and O–H groups in total. The van der Waals surface area contributed by atoms with Crippen molar-refractivity contribution >= 4 is 29.1 Å². The van der Waals surface area contributed by atoms with E-state index in [2.05, 4.69) is 10.2 Å². The number of carbonyl (C=O) groups is 2. The summed E-state index contributed by atoms with van der Waals surface area (Å²) in [4.78, 5) is 28.4. The maximum Gasteiger partial charge on any atom is 0.227 e. The minimum atomic E-state index is -0.340. The monoisotopic (exact) mass is 367 g/mol. The Kier molecular flexibility index (Phi) is 6.67. The molecule has 138 valence electrons. The highest BCUT2D eigenvalue weighted by molar-refractivity contribution is 6.31. The van der Waals surface area contributed by atoms with Crippen LogP contribution < -0.4 is 15.0 Å². The number of hydrogen-bond acceptors (Lipinski definition) is 4. The zero-order valence-corrected chi connectivity index (χ0v) is 16.0. The Labute approximate surface area is 154 Å². The fourth-order valence-corrected chi connectivity index (χ4v) is 3.04. The third-order valence-corrected chi connectivity index (χ3v) is 4.74. The third-order valence-electron chi connectivity index (χ3n) is 4.33. The van der Waals surface area contributed by atoms with Crippen LogP contribution in [0.1, 0.15) is 18.4 Å². The second-order valence-corrected chi connectivity index (χ2v) is 7.03. The molecule has 1 atom stereocenters. The molecule has 0 saturated carbocycles. The summed E-state index contributed by atoms with van der Waals surface area (Å²) >= 11 is 6.13. The largest absolute Gasteiger partial charge is 0.495 e. The van der Waals surface area contributed by atoms with Gasteiger partial charge in [-0.3, -0.25) is 9.59 Å². The van der Waals surface area contributed by atoms with Crippen molar-refractivity contribution in [1.29, 1.82) is 0 Å². The molecule has 1 unspecified atom stereocenters. The van der Waals surface area contributed by atoms with E-state index in [9.17, 15) is 9.59 Å². The van der Waals surface area contributed by atoms with Crippen molar-refractivity contribution in [3.8, 4) is 5.75 Å². The van der Waals surface area contributed by atoms with Crippen LogP contribution in [0.15, 0.2) is 12.1 Å². The van der Waals surface area contributed by atoms with Crippen molar-refractivity contribution in [2.24, 2.45) is 5.92 Å². The molecule has 0 bridgehead atoms. The van der Waals surface area contributed by atoms with Gasteiger partial charge in [0.25, 0.3) is 0 Å². The van der Waals surface area contributed by atoms with Crippen LogP contribution >= 0.6 is 11.6 Å². The number of aryl methyl sites for hydroxylation is 1. The maximum atomic E-state index is 12.4. The summed E-state index contributed by atoms with van der Waals surface area (Å²) in [5.74, 6) is 0.0521. The van der Waals surface area contributed by atoms with Gasteiger partial charge >= 0.3 is 0 Å². The molecule has 1 fully saturated rings. The molecular weight excluding hydrogens is 342 g/mol. The normalized spacial score (nSPS) is 17.3. The third kappa shape index (κ3) is 4.86. The summed E-state index contributed by atoms with van der Waals surface area (Å²) in [6, 6.07) is 3.53. The topological polar surface area (TPSA) is 61.9 Å². The first kappa shape index (κ1) is 19.5. The van der Waals surface area contributed by atoms with Crippen molar-refractivity contribution in [3.05, 3.63) is 22.7 Å². The van der Waals surface area contributed by atoms with E-state index in [4.69, 9.17) is 16.3 Å². The fourth-order valence-electron chi connectivity index (χ4n) is 2.89. The molecule has 0 radical (unpaired) electrons. The summed E-state index contributed by atoms with van der Waals surface area (Å²) < 4.78 is 5.36. The highest BCUT2D eigenvalue weighted by Crippen LogP contribution is 2.36. The smallest absolute Gasteiger partial charge is 0.227 e. The van der Waals surface area contributed by atoms with E-state index in [0.29, 0.717) is 29.5 Å². The molecule has 2 rings (SSSR count). The minimum absolute atomic E-state index is 0.0701. The van der Waals surface area contributed by atoms with E-state index < -0.39 is 0 Å². The zero-order valence-electron chi connectivity index (χ0n) is 15.3. The van der Waals surface area contributed by atoms with Crippen LogP contribution in [0, 0.1) is 12.8 Å². The lowest BCUT2D eigenvalue weighted by atomic mass is 10.1. The van der Waals surface area contributed by atoms with Crippen LogP contribution in [0.25, 0.3) is 0 Å². The van der Waals surface area contributed by atoms with Crippen molar-refractivity contribution in [2.45, 2.75) is 19.8 Å². The Morgan fingerprint density at radius 2 is 2.16 bits per heavy atom. The van der Waals surface area contributed by atoms with E-state index in [1.165, 1.54) is 0 Å². The molecule has 1 aliphatic heterocycles. The van der Waals surface area contributed by atoms with Crippen molar-refractivity contribution < 1.29 is 14.3 Å². The Balaban J connectivity index is 2.03. The van der Waals surface area contributed by atoms with E-state index in [-0.39, 0.29) is 24.2 Å². The maximum absolute atomic E-state index is 12.4. The number of ether oxygens (including phenoxy) is 1. The first-order valence-corrected chi connectivity index (χ1v) is 8.78. The molecule has 7 heteroatoms. The van der Waals surface area contributed by atoms with Crippen LogP contribution in [0.3, 0.4) is 0 Å². The van der Waals surface area contributed by atoms with E-state index >= 15 is 0 Å². The van der Waals surface area contributed by atoms with Gasteiger partial charge in [-0.1, -0.05) is 11.6 Å². The molecule has 0 aliphatic carbocycles. The van der Waals surface area contributed by atoms with Crippen molar-refractivity contribution in [1.82, 2.24) is 10.2 Å². The van der Waals surface area contributed by atoms with Gasteiger partial charge in [0.15, 0.2) is 0 Å². The number of benzene rings is 1. The fraction of sp³-hybridized carbons (Fsp3) is 0.556. The van der Waals surface area contributed by atoms with E-state index in [1.807, 2.05) is 27.1 Å². The van der Waals surface area contributed by atoms with Crippen LogP contribution in [0.5, 0.6) is 5.75 Å². The molecule has 25 heavy (non-hydrogen) atoms. The Morgan fingerprint density at radius 3 is 2.80 bits per heavy atom. The van der Waals surface area contributed by atoms with Crippen molar-refractivity contribution in [3.63, 3.8) is 0 Å². The highest BCUT2D eigenvalue weighted by atomic mass is 35.5. The Bertz CT molecular complexity index is 649. The number of anilines is 1. The second-order valence-electron chi connectivity index (χ2n) is 6.63.